The van der Waals surface area contributed by atoms with E-state index in [4.69, 9.17) is 5.73 Å². The zero-order valence-electron chi connectivity index (χ0n) is 25.5. The number of ketones is 2. The van der Waals surface area contributed by atoms with Gasteiger partial charge in [0, 0.05) is 36.8 Å². The Morgan fingerprint density at radius 3 is 2.14 bits per heavy atom. The van der Waals surface area contributed by atoms with E-state index < -0.39 is 63.5 Å². The largest absolute Gasteiger partial charge is 0.510 e. The molecule has 10 heteroatoms. The molecular formula is C33H39N3O7. The molecule has 0 saturated heterocycles. The van der Waals surface area contributed by atoms with Crippen LogP contribution in [0.25, 0.3) is 11.1 Å². The molecule has 0 spiro atoms. The summed E-state index contributed by atoms with van der Waals surface area (Å²) in [4.78, 5) is 43.6. The third kappa shape index (κ3) is 4.34. The number of allylic oxidation sites excluding steroid dienone is 1. The maximum atomic E-state index is 14.3. The Kier molecular flexibility index (Phi) is 7.02. The molecule has 6 N–H and O–H groups in total. The van der Waals surface area contributed by atoms with E-state index in [1.807, 2.05) is 70.1 Å². The highest BCUT2D eigenvalue weighted by atomic mass is 16.3. The second kappa shape index (κ2) is 9.96. The molecule has 0 bridgehead atoms. The lowest BCUT2D eigenvalue weighted by Gasteiger charge is -2.50. The van der Waals surface area contributed by atoms with E-state index in [0.717, 1.165) is 16.8 Å². The van der Waals surface area contributed by atoms with Crippen molar-refractivity contribution in [2.45, 2.75) is 50.7 Å². The number of phenolic OH excluding ortho intramolecular Hbond substituents is 1. The average molecular weight is 590 g/mol. The van der Waals surface area contributed by atoms with Crippen molar-refractivity contribution >= 4 is 23.2 Å². The van der Waals surface area contributed by atoms with Gasteiger partial charge in [-0.05, 0) is 73.2 Å². The lowest BCUT2D eigenvalue weighted by Crippen LogP contribution is -2.63. The first-order valence-corrected chi connectivity index (χ1v) is 14.2. The smallest absolute Gasteiger partial charge is 0.255 e. The van der Waals surface area contributed by atoms with Gasteiger partial charge in [0.05, 0.1) is 11.6 Å². The van der Waals surface area contributed by atoms with Crippen LogP contribution in [-0.4, -0.2) is 82.6 Å². The number of rotatable bonds is 4. The van der Waals surface area contributed by atoms with E-state index in [0.29, 0.717) is 11.1 Å². The molecule has 228 valence electrons. The lowest BCUT2D eigenvalue weighted by atomic mass is 9.58. The van der Waals surface area contributed by atoms with Crippen molar-refractivity contribution in [3.8, 4) is 16.9 Å². The highest BCUT2D eigenvalue weighted by Crippen LogP contribution is 2.54. The molecule has 2 aromatic carbocycles. The van der Waals surface area contributed by atoms with Crippen molar-refractivity contribution in [2.75, 3.05) is 33.1 Å². The topological polar surface area (TPSA) is 165 Å². The fraction of sp³-hybridized carbons (Fsp3) is 0.424. The number of anilines is 1. The molecule has 0 fully saturated rings. The number of primary amides is 1. The number of benzene rings is 2. The van der Waals surface area contributed by atoms with Gasteiger partial charge in [0.15, 0.2) is 11.4 Å². The number of aliphatic hydroxyl groups is 3. The summed E-state index contributed by atoms with van der Waals surface area (Å²) in [6.45, 7) is 5.75. The zero-order chi connectivity index (χ0) is 31.9. The van der Waals surface area contributed by atoms with E-state index in [1.54, 1.807) is 14.1 Å². The monoisotopic (exact) mass is 589 g/mol. The fourth-order valence-electron chi connectivity index (χ4n) is 7.09. The van der Waals surface area contributed by atoms with Crippen LogP contribution in [0.4, 0.5) is 5.69 Å². The van der Waals surface area contributed by atoms with Crippen LogP contribution in [0, 0.1) is 11.8 Å². The molecule has 5 rings (SSSR count). The van der Waals surface area contributed by atoms with E-state index in [9.17, 15) is 34.8 Å². The molecule has 4 atom stereocenters. The molecule has 0 saturated carbocycles. The number of aliphatic hydroxyl groups excluding tert-OH is 2. The van der Waals surface area contributed by atoms with Crippen molar-refractivity contribution in [1.82, 2.24) is 4.90 Å². The highest BCUT2D eigenvalue weighted by molar-refractivity contribution is 6.25. The highest BCUT2D eigenvalue weighted by Gasteiger charge is 2.63. The normalized spacial score (nSPS) is 25.5. The van der Waals surface area contributed by atoms with Gasteiger partial charge in [-0.3, -0.25) is 19.3 Å². The van der Waals surface area contributed by atoms with Crippen molar-refractivity contribution in [3.05, 3.63) is 69.7 Å². The van der Waals surface area contributed by atoms with Gasteiger partial charge in [0.1, 0.15) is 22.8 Å². The third-order valence-corrected chi connectivity index (χ3v) is 9.23. The van der Waals surface area contributed by atoms with Gasteiger partial charge in [-0.1, -0.05) is 32.9 Å². The van der Waals surface area contributed by atoms with Crippen LogP contribution in [0.3, 0.4) is 0 Å². The summed E-state index contributed by atoms with van der Waals surface area (Å²) < 4.78 is 0. The Labute approximate surface area is 250 Å². The van der Waals surface area contributed by atoms with E-state index >= 15 is 0 Å². The van der Waals surface area contributed by atoms with Gasteiger partial charge < -0.3 is 31.1 Å². The number of phenols is 1. The molecule has 0 aromatic heterocycles. The van der Waals surface area contributed by atoms with Gasteiger partial charge in [-0.25, -0.2) is 0 Å². The predicted octanol–water partition coefficient (Wildman–Crippen LogP) is 3.15. The Hall–Kier alpha value is -4.15. The summed E-state index contributed by atoms with van der Waals surface area (Å²) in [5.41, 5.74) is 4.94. The molecule has 43 heavy (non-hydrogen) atoms. The maximum absolute atomic E-state index is 14.3. The van der Waals surface area contributed by atoms with Crippen LogP contribution >= 0.6 is 0 Å². The number of Topliss-reactive ketones (excluding diaryl/α,β-unsaturated/α-hetero) is 2. The number of hydrogen-bond acceptors (Lipinski definition) is 9. The number of carbonyl (C=O) groups excluding carboxylic acids is 3. The Morgan fingerprint density at radius 1 is 1.02 bits per heavy atom. The molecule has 0 radical (unpaired) electrons. The van der Waals surface area contributed by atoms with Crippen LogP contribution in [0.5, 0.6) is 5.75 Å². The first-order valence-electron chi connectivity index (χ1n) is 14.2. The minimum atomic E-state index is -2.67. The van der Waals surface area contributed by atoms with Gasteiger partial charge in [-0.2, -0.15) is 0 Å². The third-order valence-electron chi connectivity index (χ3n) is 9.23. The molecule has 3 aliphatic carbocycles. The van der Waals surface area contributed by atoms with Gasteiger partial charge >= 0.3 is 0 Å². The van der Waals surface area contributed by atoms with Gasteiger partial charge in [-0.15, -0.1) is 0 Å². The standard InChI is InChI=1S/C33H39N3O7/c1-32(2,3)21-14-18(15-8-10-17(11-9-15)35(4)5)19-12-16-13-20-25(36(6)7)28(39)24(31(34)42)30(41)33(20,43)29(40)22(16)27(38)23(19)26(21)37/h8-11,14,16,20,25,37,39-40,43H,12-13H2,1-7H3,(H2,34,42)/t16-,20-,25-,33+/m1/s1. The molecule has 0 unspecified atom stereocenters. The van der Waals surface area contributed by atoms with Gasteiger partial charge in [0.2, 0.25) is 5.78 Å². The number of nitrogens with two attached hydrogens (primary N) is 1. The minimum Gasteiger partial charge on any atom is -0.510 e. The summed E-state index contributed by atoms with van der Waals surface area (Å²) in [5.74, 6) is -6.61. The molecule has 2 aromatic rings. The first-order chi connectivity index (χ1) is 19.9. The summed E-state index contributed by atoms with van der Waals surface area (Å²) in [7, 11) is 7.09. The number of nitrogens with zero attached hydrogens (tertiary/aromatic N) is 2. The van der Waals surface area contributed by atoms with Crippen molar-refractivity contribution < 1.29 is 34.8 Å². The molecular weight excluding hydrogens is 550 g/mol. The summed E-state index contributed by atoms with van der Waals surface area (Å²) in [6, 6.07) is 8.71. The second-order valence-electron chi connectivity index (χ2n) is 13.3. The SMILES string of the molecule is CN(C)c1ccc(-c2cc(C(C)(C)C)c(O)c3c2C[C@@H]2C[C@@H]4[C@@H](N(C)C)C(O)=C(C(N)=O)C(=O)[C@@]4(O)C(O)=C2C3=O)cc1. The van der Waals surface area contributed by atoms with Gasteiger partial charge in [0.25, 0.3) is 5.91 Å². The van der Waals surface area contributed by atoms with E-state index in [1.165, 1.54) is 4.90 Å². The van der Waals surface area contributed by atoms with Crippen LogP contribution in [0.15, 0.2) is 53.0 Å². The number of hydrogen-bond donors (Lipinski definition) is 5. The minimum absolute atomic E-state index is 0.0138. The van der Waals surface area contributed by atoms with Crippen LogP contribution in [0.2, 0.25) is 0 Å². The molecule has 10 nitrogen and oxygen atoms in total. The Balaban J connectivity index is 1.77. The molecule has 3 aliphatic rings. The maximum Gasteiger partial charge on any atom is 0.255 e. The molecule has 0 aliphatic heterocycles. The number of amides is 1. The zero-order valence-corrected chi connectivity index (χ0v) is 25.5. The first kappa shape index (κ1) is 30.3. The lowest BCUT2D eigenvalue weighted by molar-refractivity contribution is -0.148. The number of fused-ring (bicyclic) bond motifs is 3. The summed E-state index contributed by atoms with van der Waals surface area (Å²) in [5, 5.41) is 46.1. The van der Waals surface area contributed by atoms with E-state index in [-0.39, 0.29) is 29.7 Å². The van der Waals surface area contributed by atoms with Crippen LogP contribution in [-0.2, 0) is 21.4 Å². The second-order valence-corrected chi connectivity index (χ2v) is 13.3. The quantitative estimate of drug-likeness (QED) is 0.337. The number of carbonyl (C=O) groups is 3. The van der Waals surface area contributed by atoms with E-state index in [2.05, 4.69) is 0 Å². The van der Waals surface area contributed by atoms with Crippen LogP contribution < -0.4 is 10.6 Å². The average Bonchev–Trinajstić information content (AvgIpc) is 2.90. The number of likely N-dealkylation sites (N-methyl/N-ethyl adjacent to an activating group) is 1. The fourth-order valence-corrected chi connectivity index (χ4v) is 7.09. The predicted molar refractivity (Wildman–Crippen MR) is 162 cm³/mol. The van der Waals surface area contributed by atoms with Crippen molar-refractivity contribution in [3.63, 3.8) is 0 Å². The summed E-state index contributed by atoms with van der Waals surface area (Å²) >= 11 is 0. The summed E-state index contributed by atoms with van der Waals surface area (Å²) in [6.07, 6.45) is 0.254. The molecule has 1 amide bonds. The molecule has 0 heterocycles. The van der Waals surface area contributed by atoms with Crippen molar-refractivity contribution in [2.24, 2.45) is 17.6 Å². The van der Waals surface area contributed by atoms with Crippen LogP contribution in [0.1, 0.15) is 48.7 Å². The Morgan fingerprint density at radius 2 is 1.63 bits per heavy atom. The Bertz CT molecular complexity index is 1630. The number of aromatic hydroxyl groups is 1. The van der Waals surface area contributed by atoms with Crippen molar-refractivity contribution in [1.29, 1.82) is 0 Å².